The first-order valence-corrected chi connectivity index (χ1v) is 4.25. The van der Waals surface area contributed by atoms with Crippen LogP contribution in [0.4, 0.5) is 0 Å². The molecule has 0 aliphatic heterocycles. The van der Waals surface area contributed by atoms with Crippen LogP contribution in [0.1, 0.15) is 5.56 Å². The number of hydroxylamine groups is 2. The molecule has 1 aromatic carbocycles. The van der Waals surface area contributed by atoms with Gasteiger partial charge in [0.1, 0.15) is 0 Å². The molecule has 0 heterocycles. The zero-order valence-corrected chi connectivity index (χ0v) is 8.36. The predicted octanol–water partition coefficient (Wildman–Crippen LogP) is 1.72. The largest absolute Gasteiger partial charge is 0.364 e. The lowest BCUT2D eigenvalue weighted by Gasteiger charge is -2.11. The Hall–Kier alpha value is -1.61. The smallest absolute Gasteiger partial charge is 0.356 e. The minimum absolute atomic E-state index is 0.360. The van der Waals surface area contributed by atoms with Gasteiger partial charge in [-0.2, -0.15) is 0 Å². The number of carbonyl (C=O) groups excluding carboxylic acids is 1. The first-order valence-electron chi connectivity index (χ1n) is 4.25. The lowest BCUT2D eigenvalue weighted by molar-refractivity contribution is -0.170. The summed E-state index contributed by atoms with van der Waals surface area (Å²) < 4.78 is 0. The summed E-state index contributed by atoms with van der Waals surface area (Å²) in [7, 11) is 3.30. The van der Waals surface area contributed by atoms with Gasteiger partial charge < -0.3 is 4.84 Å². The highest BCUT2D eigenvalue weighted by molar-refractivity contribution is 6.15. The van der Waals surface area contributed by atoms with E-state index in [1.807, 2.05) is 30.3 Å². The summed E-state index contributed by atoms with van der Waals surface area (Å²) in [5, 5.41) is 1.34. The molecule has 0 aromatic heterocycles. The van der Waals surface area contributed by atoms with Crippen LogP contribution < -0.4 is 0 Å². The Bertz CT molecular complexity index is 330. The van der Waals surface area contributed by atoms with E-state index in [9.17, 15) is 4.79 Å². The van der Waals surface area contributed by atoms with Gasteiger partial charge in [0.05, 0.1) is 5.57 Å². The predicted molar refractivity (Wildman–Crippen MR) is 55.3 cm³/mol. The van der Waals surface area contributed by atoms with Crippen LogP contribution in [0.3, 0.4) is 0 Å². The highest BCUT2D eigenvalue weighted by Crippen LogP contribution is 2.13. The van der Waals surface area contributed by atoms with Crippen LogP contribution in [0, 0.1) is 0 Å². The summed E-state index contributed by atoms with van der Waals surface area (Å²) in [6, 6.07) is 9.22. The molecule has 0 aliphatic carbocycles. The Labute approximate surface area is 83.6 Å². The van der Waals surface area contributed by atoms with Crippen LogP contribution in [-0.4, -0.2) is 25.1 Å². The van der Waals surface area contributed by atoms with Gasteiger partial charge in [-0.3, -0.25) is 0 Å². The second kappa shape index (κ2) is 4.58. The first kappa shape index (κ1) is 10.5. The zero-order chi connectivity index (χ0) is 10.6. The van der Waals surface area contributed by atoms with E-state index in [-0.39, 0.29) is 0 Å². The highest BCUT2D eigenvalue weighted by atomic mass is 16.7. The van der Waals surface area contributed by atoms with E-state index >= 15 is 0 Å². The molecular weight excluding hydrogens is 178 g/mol. The minimum atomic E-state index is -0.429. The Kier molecular flexibility index (Phi) is 3.42. The SMILES string of the molecule is C=C(C(=O)ON(C)C)c1ccccc1. The van der Waals surface area contributed by atoms with Gasteiger partial charge in [0.25, 0.3) is 0 Å². The van der Waals surface area contributed by atoms with E-state index in [0.717, 1.165) is 5.56 Å². The lowest BCUT2D eigenvalue weighted by atomic mass is 10.1. The van der Waals surface area contributed by atoms with Gasteiger partial charge in [-0.15, -0.1) is 5.06 Å². The molecule has 0 fully saturated rings. The molecule has 0 unspecified atom stereocenters. The minimum Gasteiger partial charge on any atom is -0.364 e. The Morgan fingerprint density at radius 2 is 1.86 bits per heavy atom. The molecule has 0 spiro atoms. The lowest BCUT2D eigenvalue weighted by Crippen LogP contribution is -2.19. The Balaban J connectivity index is 2.72. The molecule has 0 N–H and O–H groups in total. The van der Waals surface area contributed by atoms with Gasteiger partial charge in [-0.1, -0.05) is 36.9 Å². The maximum atomic E-state index is 11.4. The normalized spacial score (nSPS) is 9.93. The maximum Gasteiger partial charge on any atom is 0.356 e. The van der Waals surface area contributed by atoms with Crippen molar-refractivity contribution < 1.29 is 9.63 Å². The molecule has 0 saturated carbocycles. The quantitative estimate of drug-likeness (QED) is 0.538. The zero-order valence-electron chi connectivity index (χ0n) is 8.36. The molecule has 1 rings (SSSR count). The molecule has 3 nitrogen and oxygen atoms in total. The van der Waals surface area contributed by atoms with E-state index in [2.05, 4.69) is 6.58 Å². The molecule has 0 radical (unpaired) electrons. The van der Waals surface area contributed by atoms with Crippen molar-refractivity contribution >= 4 is 11.5 Å². The topological polar surface area (TPSA) is 29.5 Å². The van der Waals surface area contributed by atoms with Gasteiger partial charge in [0.2, 0.25) is 0 Å². The van der Waals surface area contributed by atoms with Crippen molar-refractivity contribution in [3.05, 3.63) is 42.5 Å². The molecule has 14 heavy (non-hydrogen) atoms. The number of rotatable bonds is 3. The summed E-state index contributed by atoms with van der Waals surface area (Å²) in [6.07, 6.45) is 0. The van der Waals surface area contributed by atoms with Crippen molar-refractivity contribution in [3.8, 4) is 0 Å². The van der Waals surface area contributed by atoms with Gasteiger partial charge in [0, 0.05) is 14.1 Å². The second-order valence-electron chi connectivity index (χ2n) is 3.04. The monoisotopic (exact) mass is 191 g/mol. The van der Waals surface area contributed by atoms with E-state index in [1.165, 1.54) is 5.06 Å². The van der Waals surface area contributed by atoms with Gasteiger partial charge >= 0.3 is 5.97 Å². The molecule has 0 saturated heterocycles. The van der Waals surface area contributed by atoms with Crippen molar-refractivity contribution in [2.75, 3.05) is 14.1 Å². The molecule has 0 bridgehead atoms. The van der Waals surface area contributed by atoms with E-state index in [4.69, 9.17) is 4.84 Å². The third-order valence-electron chi connectivity index (χ3n) is 1.63. The summed E-state index contributed by atoms with van der Waals surface area (Å²) in [5.41, 5.74) is 1.14. The molecule has 1 aromatic rings. The summed E-state index contributed by atoms with van der Waals surface area (Å²) >= 11 is 0. The fourth-order valence-corrected chi connectivity index (χ4v) is 0.978. The fraction of sp³-hybridized carbons (Fsp3) is 0.182. The summed E-state index contributed by atoms with van der Waals surface area (Å²) in [4.78, 5) is 16.3. The van der Waals surface area contributed by atoms with Crippen LogP contribution in [0.25, 0.3) is 5.57 Å². The molecule has 3 heteroatoms. The van der Waals surface area contributed by atoms with Gasteiger partial charge in [0.15, 0.2) is 0 Å². The van der Waals surface area contributed by atoms with Crippen LogP contribution in [0.5, 0.6) is 0 Å². The number of hydrogen-bond acceptors (Lipinski definition) is 3. The third-order valence-corrected chi connectivity index (χ3v) is 1.63. The fourth-order valence-electron chi connectivity index (χ4n) is 0.978. The number of benzene rings is 1. The molecular formula is C11H13NO2. The molecule has 74 valence electrons. The number of hydrogen-bond donors (Lipinski definition) is 0. The van der Waals surface area contributed by atoms with Crippen molar-refractivity contribution in [1.82, 2.24) is 5.06 Å². The average molecular weight is 191 g/mol. The molecule has 0 atom stereocenters. The highest BCUT2D eigenvalue weighted by Gasteiger charge is 2.11. The van der Waals surface area contributed by atoms with Crippen molar-refractivity contribution in [1.29, 1.82) is 0 Å². The van der Waals surface area contributed by atoms with Crippen LogP contribution in [-0.2, 0) is 9.63 Å². The Morgan fingerprint density at radius 3 is 2.36 bits per heavy atom. The van der Waals surface area contributed by atoms with Crippen LogP contribution in [0.2, 0.25) is 0 Å². The second-order valence-corrected chi connectivity index (χ2v) is 3.04. The first-order chi connectivity index (χ1) is 6.61. The van der Waals surface area contributed by atoms with Crippen molar-refractivity contribution in [2.24, 2.45) is 0 Å². The Morgan fingerprint density at radius 1 is 1.29 bits per heavy atom. The van der Waals surface area contributed by atoms with E-state index in [1.54, 1.807) is 14.1 Å². The number of nitrogens with zero attached hydrogens (tertiary/aromatic N) is 1. The van der Waals surface area contributed by atoms with Crippen LogP contribution in [0.15, 0.2) is 36.9 Å². The average Bonchev–Trinajstić information content (AvgIpc) is 2.17. The summed E-state index contributed by atoms with van der Waals surface area (Å²) in [5.74, 6) is -0.429. The maximum absolute atomic E-state index is 11.4. The van der Waals surface area contributed by atoms with E-state index < -0.39 is 5.97 Å². The van der Waals surface area contributed by atoms with Crippen LogP contribution >= 0.6 is 0 Å². The van der Waals surface area contributed by atoms with Crippen molar-refractivity contribution in [2.45, 2.75) is 0 Å². The van der Waals surface area contributed by atoms with Gasteiger partial charge in [-0.25, -0.2) is 4.79 Å². The van der Waals surface area contributed by atoms with Crippen molar-refractivity contribution in [3.63, 3.8) is 0 Å². The molecule has 0 aliphatic rings. The third kappa shape index (κ3) is 2.71. The van der Waals surface area contributed by atoms with Gasteiger partial charge in [-0.05, 0) is 5.56 Å². The standard InChI is InChI=1S/C11H13NO2/c1-9(11(13)14-12(2)3)10-7-5-4-6-8-10/h4-8H,1H2,2-3H3. The summed E-state index contributed by atoms with van der Waals surface area (Å²) in [6.45, 7) is 3.68. The number of carbonyl (C=O) groups is 1. The van der Waals surface area contributed by atoms with E-state index in [0.29, 0.717) is 5.57 Å². The molecule has 0 amide bonds.